The van der Waals surface area contributed by atoms with E-state index in [0.29, 0.717) is 0 Å². The molecule has 3 unspecified atom stereocenters. The van der Waals surface area contributed by atoms with Crippen molar-refractivity contribution in [3.05, 3.63) is 29.8 Å². The molecule has 118 valence electrons. The molecule has 0 aliphatic rings. The monoisotopic (exact) mass is 318 g/mol. The lowest BCUT2D eigenvalue weighted by Crippen LogP contribution is -2.40. The van der Waals surface area contributed by atoms with Crippen molar-refractivity contribution in [2.45, 2.75) is 30.1 Å². The molecule has 21 heavy (non-hydrogen) atoms. The summed E-state index contributed by atoms with van der Waals surface area (Å²) in [7, 11) is -3.88. The summed E-state index contributed by atoms with van der Waals surface area (Å²) < 4.78 is 23.7. The molecule has 8 nitrogen and oxygen atoms in total. The van der Waals surface area contributed by atoms with E-state index in [2.05, 4.69) is 5.10 Å². The van der Waals surface area contributed by atoms with Gasteiger partial charge in [0.25, 0.3) is 10.0 Å². The number of rotatable bonds is 7. The number of hydrogen-bond acceptors (Lipinski definition) is 7. The molecule has 1 rings (SSSR count). The minimum atomic E-state index is -3.88. The van der Waals surface area contributed by atoms with Crippen LogP contribution in [0.4, 0.5) is 0 Å². The van der Waals surface area contributed by atoms with E-state index in [1.165, 1.54) is 12.1 Å². The second kappa shape index (κ2) is 7.48. The Hall–Kier alpha value is -1.52. The van der Waals surface area contributed by atoms with E-state index in [1.54, 1.807) is 12.1 Å². The first-order valence-corrected chi connectivity index (χ1v) is 7.53. The molecule has 5 N–H and O–H groups in total. The first kappa shape index (κ1) is 17.5. The van der Waals surface area contributed by atoms with Crippen LogP contribution in [0.5, 0.6) is 0 Å². The zero-order valence-corrected chi connectivity index (χ0v) is 12.1. The fourth-order valence-electron chi connectivity index (χ4n) is 1.37. The largest absolute Gasteiger partial charge is 0.394 e. The number of sulfonamides is 1. The highest BCUT2D eigenvalue weighted by Crippen LogP contribution is 2.09. The van der Waals surface area contributed by atoms with Gasteiger partial charge in [-0.05, 0) is 19.1 Å². The van der Waals surface area contributed by atoms with E-state index < -0.39 is 34.9 Å². The van der Waals surface area contributed by atoms with E-state index in [0.717, 1.165) is 11.8 Å². The Balaban J connectivity index is 2.69. The Bertz CT molecular complexity index is 572. The number of hydrogen-bond donors (Lipinski definition) is 5. The van der Waals surface area contributed by atoms with E-state index in [4.69, 9.17) is 10.2 Å². The molecule has 0 heterocycles. The summed E-state index contributed by atoms with van der Waals surface area (Å²) in [4.78, 5) is 1.86. The lowest BCUT2D eigenvalue weighted by Gasteiger charge is -2.18. The van der Waals surface area contributed by atoms with Crippen molar-refractivity contribution in [1.29, 1.82) is 0 Å². The van der Waals surface area contributed by atoms with Crippen LogP contribution >= 0.6 is 0 Å². The third-order valence-electron chi connectivity index (χ3n) is 2.66. The number of nitrogens with one attached hydrogen (secondary N) is 1. The zero-order valence-electron chi connectivity index (χ0n) is 11.3. The van der Waals surface area contributed by atoms with Gasteiger partial charge < -0.3 is 20.4 Å². The Morgan fingerprint density at radius 2 is 1.81 bits per heavy atom. The van der Waals surface area contributed by atoms with Crippen LogP contribution in [-0.4, -0.2) is 60.0 Å². The minimum Gasteiger partial charge on any atom is -0.394 e. The highest BCUT2D eigenvalue weighted by Gasteiger charge is 2.22. The molecule has 9 heteroatoms. The van der Waals surface area contributed by atoms with Gasteiger partial charge in [0.15, 0.2) is 0 Å². The summed E-state index contributed by atoms with van der Waals surface area (Å²) in [5.41, 5.74) is 0.897. The molecule has 1 aromatic carbocycles. The molecule has 0 bridgehead atoms. The summed E-state index contributed by atoms with van der Waals surface area (Å²) in [6.45, 7) is 1.06. The minimum absolute atomic E-state index is 0.00400. The average Bonchev–Trinajstić information content (AvgIpc) is 2.45. The molecule has 0 aliphatic carbocycles. The van der Waals surface area contributed by atoms with Gasteiger partial charge in [-0.15, -0.1) is 0 Å². The van der Waals surface area contributed by atoms with Crippen LogP contribution in [0.2, 0.25) is 0 Å². The van der Waals surface area contributed by atoms with Crippen molar-refractivity contribution in [3.63, 3.8) is 0 Å². The number of aryl methyl sites for hydroxylation is 1. The number of benzene rings is 1. The highest BCUT2D eigenvalue weighted by atomic mass is 32.2. The molecule has 0 spiro atoms. The molecule has 0 fully saturated rings. The van der Waals surface area contributed by atoms with Crippen LogP contribution in [0.1, 0.15) is 5.56 Å². The maximum Gasteiger partial charge on any atom is 0.276 e. The van der Waals surface area contributed by atoms with Gasteiger partial charge in [-0.1, -0.05) is 17.7 Å². The lowest BCUT2D eigenvalue weighted by molar-refractivity contribution is -0.0542. The third-order valence-corrected chi connectivity index (χ3v) is 3.90. The fraction of sp³-hybridized carbons (Fsp3) is 0.417. The molecule has 0 aromatic heterocycles. The summed E-state index contributed by atoms with van der Waals surface area (Å²) in [6, 6.07) is 6.03. The van der Waals surface area contributed by atoms with Crippen molar-refractivity contribution < 1.29 is 28.8 Å². The molecular weight excluding hydrogens is 300 g/mol. The number of nitrogens with zero attached hydrogens (tertiary/aromatic N) is 1. The molecule has 0 amide bonds. The van der Waals surface area contributed by atoms with Crippen LogP contribution < -0.4 is 4.83 Å². The van der Waals surface area contributed by atoms with E-state index in [-0.39, 0.29) is 4.90 Å². The SMILES string of the molecule is Cc1ccc(S(=O)(=O)N/N=C/C(O)C(O)C(O)CO)cc1. The highest BCUT2D eigenvalue weighted by molar-refractivity contribution is 7.89. The van der Waals surface area contributed by atoms with Gasteiger partial charge in [0, 0.05) is 0 Å². The van der Waals surface area contributed by atoms with Gasteiger partial charge in [-0.2, -0.15) is 13.5 Å². The first-order valence-electron chi connectivity index (χ1n) is 6.04. The quantitative estimate of drug-likeness (QED) is 0.301. The van der Waals surface area contributed by atoms with Crippen LogP contribution in [0, 0.1) is 6.92 Å². The molecule has 0 radical (unpaired) electrons. The number of aliphatic hydroxyl groups is 4. The maximum absolute atomic E-state index is 11.8. The van der Waals surface area contributed by atoms with Crippen molar-refractivity contribution >= 4 is 16.2 Å². The van der Waals surface area contributed by atoms with E-state index >= 15 is 0 Å². The van der Waals surface area contributed by atoms with Crippen LogP contribution in [0.3, 0.4) is 0 Å². The van der Waals surface area contributed by atoms with Gasteiger partial charge in [-0.25, -0.2) is 4.83 Å². The van der Waals surface area contributed by atoms with Crippen LogP contribution in [-0.2, 0) is 10.0 Å². The van der Waals surface area contributed by atoms with Crippen molar-refractivity contribution in [2.75, 3.05) is 6.61 Å². The Morgan fingerprint density at radius 1 is 1.24 bits per heavy atom. The molecule has 3 atom stereocenters. The summed E-state index contributed by atoms with van der Waals surface area (Å²) >= 11 is 0. The predicted molar refractivity (Wildman–Crippen MR) is 75.1 cm³/mol. The van der Waals surface area contributed by atoms with Gasteiger partial charge in [0.2, 0.25) is 0 Å². The van der Waals surface area contributed by atoms with Gasteiger partial charge in [0.05, 0.1) is 17.7 Å². The molecule has 0 aliphatic heterocycles. The summed E-state index contributed by atoms with van der Waals surface area (Å²) in [6.07, 6.45) is -4.15. The Labute approximate surface area is 122 Å². The van der Waals surface area contributed by atoms with Gasteiger partial charge in [0.1, 0.15) is 18.3 Å². The second-order valence-electron chi connectivity index (χ2n) is 4.42. The maximum atomic E-state index is 11.8. The van der Waals surface area contributed by atoms with E-state index in [1.807, 2.05) is 11.8 Å². The van der Waals surface area contributed by atoms with Crippen LogP contribution in [0.25, 0.3) is 0 Å². The fourth-order valence-corrected chi connectivity index (χ4v) is 2.17. The average molecular weight is 318 g/mol. The van der Waals surface area contributed by atoms with Gasteiger partial charge >= 0.3 is 0 Å². The molecular formula is C12H18N2O6S. The summed E-state index contributed by atoms with van der Waals surface area (Å²) in [5, 5.41) is 39.8. The first-order chi connectivity index (χ1) is 9.77. The zero-order chi connectivity index (χ0) is 16.0. The number of aliphatic hydroxyl groups excluding tert-OH is 4. The normalized spacial score (nSPS) is 16.6. The standard InChI is InChI=1S/C12H18N2O6S/c1-8-2-4-9(5-3-8)21(19,20)14-13-6-10(16)12(18)11(17)7-15/h2-6,10-12,14-18H,7H2,1H3/b13-6+. The van der Waals surface area contributed by atoms with Crippen molar-refractivity contribution in [1.82, 2.24) is 4.83 Å². The Kier molecular flexibility index (Phi) is 6.24. The second-order valence-corrected chi connectivity index (χ2v) is 6.08. The molecule has 0 saturated heterocycles. The third kappa shape index (κ3) is 5.06. The summed E-state index contributed by atoms with van der Waals surface area (Å²) in [5.74, 6) is 0. The molecule has 0 saturated carbocycles. The smallest absolute Gasteiger partial charge is 0.276 e. The lowest BCUT2D eigenvalue weighted by atomic mass is 10.1. The van der Waals surface area contributed by atoms with E-state index in [9.17, 15) is 18.6 Å². The van der Waals surface area contributed by atoms with Gasteiger partial charge in [-0.3, -0.25) is 0 Å². The molecule has 1 aromatic rings. The Morgan fingerprint density at radius 3 is 2.33 bits per heavy atom. The van der Waals surface area contributed by atoms with Crippen LogP contribution in [0.15, 0.2) is 34.3 Å². The predicted octanol–water partition coefficient (Wildman–Crippen LogP) is -1.67. The topological polar surface area (TPSA) is 139 Å². The number of hydrazone groups is 1. The van der Waals surface area contributed by atoms with Crippen molar-refractivity contribution in [2.24, 2.45) is 5.10 Å². The van der Waals surface area contributed by atoms with Crippen molar-refractivity contribution in [3.8, 4) is 0 Å².